The molecule has 0 saturated heterocycles. The van der Waals surface area contributed by atoms with Crippen LogP contribution in [0.4, 0.5) is 5.69 Å². The first kappa shape index (κ1) is 8.10. The second-order valence-electron chi connectivity index (χ2n) is 3.09. The quantitative estimate of drug-likeness (QED) is 0.678. The van der Waals surface area contributed by atoms with E-state index >= 15 is 0 Å². The predicted molar refractivity (Wildman–Crippen MR) is 51.8 cm³/mol. The van der Waals surface area contributed by atoms with Crippen molar-refractivity contribution in [1.29, 1.82) is 0 Å². The van der Waals surface area contributed by atoms with Crippen molar-refractivity contribution in [3.05, 3.63) is 29.3 Å². The van der Waals surface area contributed by atoms with Crippen LogP contribution in [-0.2, 0) is 6.42 Å². The van der Waals surface area contributed by atoms with E-state index in [1.165, 1.54) is 5.56 Å². The summed E-state index contributed by atoms with van der Waals surface area (Å²) in [6.45, 7) is 2.60. The average Bonchev–Trinajstić information content (AvgIpc) is 2.18. The average molecular weight is 176 g/mol. The highest BCUT2D eigenvalue weighted by Gasteiger charge is 2.15. The van der Waals surface area contributed by atoms with Gasteiger partial charge in [0.05, 0.1) is 12.2 Å². The molecule has 1 aromatic carbocycles. The van der Waals surface area contributed by atoms with Crippen LogP contribution in [0.25, 0.3) is 0 Å². The van der Waals surface area contributed by atoms with Crippen molar-refractivity contribution in [2.45, 2.75) is 13.3 Å². The van der Waals surface area contributed by atoms with Gasteiger partial charge < -0.3 is 10.6 Å². The van der Waals surface area contributed by atoms with Crippen LogP contribution in [0.5, 0.6) is 0 Å². The number of hydrogen-bond donors (Lipinski definition) is 2. The number of amides is 1. The summed E-state index contributed by atoms with van der Waals surface area (Å²) < 4.78 is 0. The van der Waals surface area contributed by atoms with Crippen LogP contribution >= 0.6 is 0 Å². The van der Waals surface area contributed by atoms with Crippen molar-refractivity contribution < 1.29 is 4.79 Å². The van der Waals surface area contributed by atoms with Crippen LogP contribution in [-0.4, -0.2) is 12.6 Å². The van der Waals surface area contributed by atoms with Gasteiger partial charge >= 0.3 is 0 Å². The highest BCUT2D eigenvalue weighted by Crippen LogP contribution is 2.19. The van der Waals surface area contributed by atoms with Crippen LogP contribution < -0.4 is 10.6 Å². The number of fused-ring (bicyclic) bond motifs is 1. The summed E-state index contributed by atoms with van der Waals surface area (Å²) in [4.78, 5) is 11.4. The zero-order valence-electron chi connectivity index (χ0n) is 7.55. The highest BCUT2D eigenvalue weighted by molar-refractivity contribution is 6.01. The predicted octanol–water partition coefficient (Wildman–Crippen LogP) is 1.36. The molecule has 0 aliphatic carbocycles. The van der Waals surface area contributed by atoms with Crippen LogP contribution in [0, 0.1) is 0 Å². The Kier molecular flexibility index (Phi) is 1.93. The lowest BCUT2D eigenvalue weighted by atomic mass is 10.1. The van der Waals surface area contributed by atoms with E-state index in [-0.39, 0.29) is 5.91 Å². The van der Waals surface area contributed by atoms with E-state index in [0.717, 1.165) is 17.7 Å². The second-order valence-corrected chi connectivity index (χ2v) is 3.09. The molecule has 0 aromatic heterocycles. The van der Waals surface area contributed by atoms with E-state index in [0.29, 0.717) is 6.67 Å². The molecule has 0 bridgehead atoms. The Morgan fingerprint density at radius 3 is 3.00 bits per heavy atom. The monoisotopic (exact) mass is 176 g/mol. The number of rotatable bonds is 1. The largest absolute Gasteiger partial charge is 0.367 e. The molecule has 0 spiro atoms. The van der Waals surface area contributed by atoms with E-state index in [1.807, 2.05) is 18.2 Å². The molecule has 2 rings (SSSR count). The molecule has 0 atom stereocenters. The van der Waals surface area contributed by atoms with Crippen molar-refractivity contribution in [1.82, 2.24) is 5.32 Å². The molecule has 68 valence electrons. The van der Waals surface area contributed by atoms with Gasteiger partial charge in [0.25, 0.3) is 5.91 Å². The van der Waals surface area contributed by atoms with Crippen molar-refractivity contribution in [2.24, 2.45) is 0 Å². The molecular formula is C10H12N2O. The molecule has 1 aromatic rings. The van der Waals surface area contributed by atoms with Gasteiger partial charge in [0, 0.05) is 5.69 Å². The minimum atomic E-state index is 0.0176. The Morgan fingerprint density at radius 1 is 1.38 bits per heavy atom. The molecule has 0 radical (unpaired) electrons. The van der Waals surface area contributed by atoms with E-state index in [4.69, 9.17) is 0 Å². The summed E-state index contributed by atoms with van der Waals surface area (Å²) in [7, 11) is 0. The summed E-state index contributed by atoms with van der Waals surface area (Å²) in [6.07, 6.45) is 0.959. The van der Waals surface area contributed by atoms with E-state index < -0.39 is 0 Å². The van der Waals surface area contributed by atoms with Gasteiger partial charge in [0.1, 0.15) is 0 Å². The Bertz CT molecular complexity index is 347. The molecule has 3 nitrogen and oxygen atoms in total. The standard InChI is InChI=1S/C10H12N2O/c1-2-7-3-4-9-8(5-7)10(13)12-6-11-9/h3-5,11H,2,6H2,1H3,(H,12,13). The van der Waals surface area contributed by atoms with Gasteiger partial charge in [-0.25, -0.2) is 0 Å². The van der Waals surface area contributed by atoms with E-state index in [1.54, 1.807) is 0 Å². The van der Waals surface area contributed by atoms with Crippen LogP contribution in [0.15, 0.2) is 18.2 Å². The Morgan fingerprint density at radius 2 is 2.23 bits per heavy atom. The Hall–Kier alpha value is -1.51. The fourth-order valence-corrected chi connectivity index (χ4v) is 1.47. The number of anilines is 1. The van der Waals surface area contributed by atoms with Gasteiger partial charge in [0.15, 0.2) is 0 Å². The SMILES string of the molecule is CCc1ccc2c(c1)C(=O)NCN2. The van der Waals surface area contributed by atoms with Gasteiger partial charge in [0.2, 0.25) is 0 Å². The Labute approximate surface area is 77.1 Å². The number of hydrogen-bond acceptors (Lipinski definition) is 2. The number of nitrogens with one attached hydrogen (secondary N) is 2. The molecule has 0 fully saturated rings. The van der Waals surface area contributed by atoms with Gasteiger partial charge in [-0.2, -0.15) is 0 Å². The van der Waals surface area contributed by atoms with E-state index in [2.05, 4.69) is 17.6 Å². The normalized spacial score (nSPS) is 14.4. The maximum atomic E-state index is 11.4. The molecule has 1 amide bonds. The summed E-state index contributed by atoms with van der Waals surface area (Å²) in [5.41, 5.74) is 2.88. The van der Waals surface area contributed by atoms with Gasteiger partial charge in [-0.15, -0.1) is 0 Å². The van der Waals surface area contributed by atoms with E-state index in [9.17, 15) is 4.79 Å². The molecular weight excluding hydrogens is 164 g/mol. The fraction of sp³-hybridized carbons (Fsp3) is 0.300. The molecule has 3 heteroatoms. The smallest absolute Gasteiger partial charge is 0.254 e. The molecule has 2 N–H and O–H groups in total. The summed E-state index contributed by atoms with van der Waals surface area (Å²) in [5, 5.41) is 5.85. The first-order valence-electron chi connectivity index (χ1n) is 4.46. The summed E-state index contributed by atoms with van der Waals surface area (Å²) in [5.74, 6) is 0.0176. The molecule has 0 unspecified atom stereocenters. The lowest BCUT2D eigenvalue weighted by Gasteiger charge is -2.18. The van der Waals surface area contributed by atoms with Gasteiger partial charge in [-0.05, 0) is 24.1 Å². The zero-order valence-corrected chi connectivity index (χ0v) is 7.55. The van der Waals surface area contributed by atoms with Gasteiger partial charge in [-0.1, -0.05) is 13.0 Å². The maximum Gasteiger partial charge on any atom is 0.254 e. The minimum absolute atomic E-state index is 0.0176. The molecule has 13 heavy (non-hydrogen) atoms. The number of aryl methyl sites for hydroxylation is 1. The third-order valence-electron chi connectivity index (χ3n) is 2.26. The molecule has 0 saturated carbocycles. The third kappa shape index (κ3) is 1.37. The summed E-state index contributed by atoms with van der Waals surface area (Å²) >= 11 is 0. The summed E-state index contributed by atoms with van der Waals surface area (Å²) in [6, 6.07) is 5.95. The highest BCUT2D eigenvalue weighted by atomic mass is 16.1. The van der Waals surface area contributed by atoms with Crippen molar-refractivity contribution in [3.63, 3.8) is 0 Å². The van der Waals surface area contributed by atoms with Gasteiger partial charge in [-0.3, -0.25) is 4.79 Å². The van der Waals surface area contributed by atoms with Crippen molar-refractivity contribution in [2.75, 3.05) is 12.0 Å². The van der Waals surface area contributed by atoms with Crippen LogP contribution in [0.1, 0.15) is 22.8 Å². The Balaban J connectivity index is 2.47. The topological polar surface area (TPSA) is 41.1 Å². The maximum absolute atomic E-state index is 11.4. The number of carbonyl (C=O) groups excluding carboxylic acids is 1. The number of benzene rings is 1. The second kappa shape index (κ2) is 3.09. The lowest BCUT2D eigenvalue weighted by molar-refractivity contribution is 0.0952. The first-order chi connectivity index (χ1) is 6.31. The molecule has 1 aliphatic rings. The molecule has 1 heterocycles. The fourth-order valence-electron chi connectivity index (χ4n) is 1.47. The lowest BCUT2D eigenvalue weighted by Crippen LogP contribution is -2.34. The van der Waals surface area contributed by atoms with Crippen LogP contribution in [0.3, 0.4) is 0 Å². The minimum Gasteiger partial charge on any atom is -0.367 e. The first-order valence-corrected chi connectivity index (χ1v) is 4.46. The van der Waals surface area contributed by atoms with Crippen molar-refractivity contribution in [3.8, 4) is 0 Å². The third-order valence-corrected chi connectivity index (χ3v) is 2.26. The zero-order chi connectivity index (χ0) is 9.26. The van der Waals surface area contributed by atoms with Crippen LogP contribution in [0.2, 0.25) is 0 Å². The number of carbonyl (C=O) groups is 1. The molecule has 1 aliphatic heterocycles. The van der Waals surface area contributed by atoms with Crippen molar-refractivity contribution >= 4 is 11.6 Å².